The van der Waals surface area contributed by atoms with Crippen molar-refractivity contribution < 1.29 is 27.5 Å². The lowest BCUT2D eigenvalue weighted by Gasteiger charge is -2.07. The van der Waals surface area contributed by atoms with Gasteiger partial charge in [-0.05, 0) is 55.0 Å². The van der Waals surface area contributed by atoms with Crippen molar-refractivity contribution in [2.45, 2.75) is 26.4 Å². The fourth-order valence-corrected chi connectivity index (χ4v) is 5.73. The molecule has 0 bridgehead atoms. The summed E-state index contributed by atoms with van der Waals surface area (Å²) in [7, 11) is 0. The monoisotopic (exact) mass is 495 g/mol. The van der Waals surface area contributed by atoms with E-state index in [1.54, 1.807) is 11.3 Å². The third-order valence-electron chi connectivity index (χ3n) is 5.08. The number of aromatic carboxylic acids is 1. The van der Waals surface area contributed by atoms with Gasteiger partial charge in [-0.3, -0.25) is 0 Å². The molecule has 5 nitrogen and oxygen atoms in total. The molecular weight excluding hydrogens is 478 g/mol. The Labute approximate surface area is 193 Å². The number of thiophene rings is 2. The van der Waals surface area contributed by atoms with Crippen LogP contribution in [0.2, 0.25) is 0 Å². The van der Waals surface area contributed by atoms with Gasteiger partial charge in [0.2, 0.25) is 0 Å². The van der Waals surface area contributed by atoms with Gasteiger partial charge in [0, 0.05) is 22.2 Å². The fourth-order valence-electron chi connectivity index (χ4n) is 3.60. The molecule has 33 heavy (non-hydrogen) atoms. The van der Waals surface area contributed by atoms with Gasteiger partial charge in [-0.15, -0.1) is 22.7 Å². The highest BCUT2D eigenvalue weighted by atomic mass is 32.1. The number of carboxylic acids is 1. The van der Waals surface area contributed by atoms with Crippen LogP contribution in [0, 0.1) is 19.7 Å². The van der Waals surface area contributed by atoms with E-state index in [0.717, 1.165) is 32.2 Å². The number of anilines is 1. The number of benzene rings is 1. The minimum Gasteiger partial charge on any atom is -0.477 e. The number of hydrogen-bond donors (Lipinski definition) is 2. The summed E-state index contributed by atoms with van der Waals surface area (Å²) in [5, 5.41) is 13.1. The number of rotatable bonds is 6. The fraction of sp³-hybridized carbons (Fsp3) is 0.227. The van der Waals surface area contributed by atoms with Gasteiger partial charge in [-0.2, -0.15) is 13.2 Å². The number of nitrogens with zero attached hydrogens (tertiary/aromatic N) is 2. The van der Waals surface area contributed by atoms with Gasteiger partial charge in [0.1, 0.15) is 22.8 Å². The van der Waals surface area contributed by atoms with Crippen LogP contribution in [0.3, 0.4) is 0 Å². The van der Waals surface area contributed by atoms with Crippen LogP contribution in [0.4, 0.5) is 23.4 Å². The van der Waals surface area contributed by atoms with E-state index < -0.39 is 22.6 Å². The van der Waals surface area contributed by atoms with E-state index in [-0.39, 0.29) is 16.4 Å². The van der Waals surface area contributed by atoms with Crippen molar-refractivity contribution in [3.63, 3.8) is 0 Å². The van der Waals surface area contributed by atoms with Crippen molar-refractivity contribution in [2.24, 2.45) is 0 Å². The van der Waals surface area contributed by atoms with Crippen LogP contribution in [0.25, 0.3) is 20.7 Å². The topological polar surface area (TPSA) is 75.1 Å². The molecule has 2 N–H and O–H groups in total. The number of carboxylic acid groups (broad SMARTS) is 1. The second-order valence-electron chi connectivity index (χ2n) is 7.36. The first-order valence-corrected chi connectivity index (χ1v) is 11.4. The molecule has 0 radical (unpaired) electrons. The Hall–Kier alpha value is -3.05. The molecule has 0 aliphatic rings. The summed E-state index contributed by atoms with van der Waals surface area (Å²) in [4.78, 5) is 19.7. The first-order valence-electron chi connectivity index (χ1n) is 9.73. The second-order valence-corrected chi connectivity index (χ2v) is 9.63. The molecule has 3 heterocycles. The lowest BCUT2D eigenvalue weighted by Crippen LogP contribution is -2.09. The minimum absolute atomic E-state index is 0.0794. The summed E-state index contributed by atoms with van der Waals surface area (Å²) < 4.78 is 54.5. The summed E-state index contributed by atoms with van der Waals surface area (Å²) in [6, 6.07) is 5.30. The molecule has 3 aromatic heterocycles. The van der Waals surface area contributed by atoms with Gasteiger partial charge in [0.15, 0.2) is 0 Å². The zero-order valence-corrected chi connectivity index (χ0v) is 19.0. The Kier molecular flexibility index (Phi) is 6.10. The highest BCUT2D eigenvalue weighted by Gasteiger charge is 2.37. The number of aryl methyl sites for hydroxylation is 2. The molecule has 0 saturated heterocycles. The van der Waals surface area contributed by atoms with Crippen molar-refractivity contribution >= 4 is 44.5 Å². The SMILES string of the molecule is Cc1sc2c(C)cc(F)cc2c1CCNc1cc(-c2cc(C(F)(F)F)c(C(=O)O)s2)ncn1. The molecule has 0 amide bonds. The Morgan fingerprint density at radius 2 is 1.88 bits per heavy atom. The number of aromatic nitrogens is 2. The molecule has 0 aliphatic carbocycles. The molecule has 0 atom stereocenters. The summed E-state index contributed by atoms with van der Waals surface area (Å²) in [6.45, 7) is 4.31. The Morgan fingerprint density at radius 1 is 1.12 bits per heavy atom. The number of fused-ring (bicyclic) bond motifs is 1. The van der Waals surface area contributed by atoms with Crippen LogP contribution < -0.4 is 5.32 Å². The van der Waals surface area contributed by atoms with Crippen molar-refractivity contribution in [1.82, 2.24) is 9.97 Å². The van der Waals surface area contributed by atoms with E-state index in [1.807, 2.05) is 13.8 Å². The molecule has 0 fully saturated rings. The van der Waals surface area contributed by atoms with E-state index >= 15 is 0 Å². The lowest BCUT2D eigenvalue weighted by molar-refractivity contribution is -0.137. The van der Waals surface area contributed by atoms with Crippen LogP contribution in [0.1, 0.15) is 31.2 Å². The zero-order valence-electron chi connectivity index (χ0n) is 17.4. The van der Waals surface area contributed by atoms with Gasteiger partial charge in [-0.25, -0.2) is 19.2 Å². The van der Waals surface area contributed by atoms with Gasteiger partial charge < -0.3 is 10.4 Å². The molecule has 0 spiro atoms. The average molecular weight is 496 g/mol. The maximum absolute atomic E-state index is 13.9. The number of alkyl halides is 3. The summed E-state index contributed by atoms with van der Waals surface area (Å²) in [5.74, 6) is -1.54. The molecule has 4 aromatic rings. The van der Waals surface area contributed by atoms with Crippen molar-refractivity contribution in [3.8, 4) is 10.6 Å². The molecule has 172 valence electrons. The van der Waals surface area contributed by atoms with Crippen molar-refractivity contribution in [2.75, 3.05) is 11.9 Å². The number of nitrogens with one attached hydrogen (secondary N) is 1. The minimum atomic E-state index is -4.78. The Morgan fingerprint density at radius 3 is 2.55 bits per heavy atom. The molecule has 4 rings (SSSR count). The van der Waals surface area contributed by atoms with Crippen LogP contribution in [0.15, 0.2) is 30.6 Å². The van der Waals surface area contributed by atoms with Gasteiger partial charge in [0.05, 0.1) is 16.1 Å². The van der Waals surface area contributed by atoms with E-state index in [1.165, 1.54) is 24.5 Å². The van der Waals surface area contributed by atoms with Crippen molar-refractivity contribution in [1.29, 1.82) is 0 Å². The van der Waals surface area contributed by atoms with E-state index in [9.17, 15) is 22.4 Å². The zero-order chi connectivity index (χ0) is 23.9. The van der Waals surface area contributed by atoms with Gasteiger partial charge >= 0.3 is 12.1 Å². The molecule has 11 heteroatoms. The molecule has 0 saturated carbocycles. The number of halogens is 4. The van der Waals surface area contributed by atoms with E-state index in [0.29, 0.717) is 30.1 Å². The van der Waals surface area contributed by atoms with E-state index in [2.05, 4.69) is 15.3 Å². The van der Waals surface area contributed by atoms with Gasteiger partial charge in [0.25, 0.3) is 0 Å². The first kappa shape index (κ1) is 23.1. The Balaban J connectivity index is 1.54. The maximum atomic E-state index is 13.9. The molecular formula is C22H17F4N3O2S2. The normalized spacial score (nSPS) is 11.8. The quantitative estimate of drug-likeness (QED) is 0.297. The molecule has 0 unspecified atom stereocenters. The summed E-state index contributed by atoms with van der Waals surface area (Å²) in [5.41, 5.74) is 0.891. The number of hydrogen-bond acceptors (Lipinski definition) is 6. The Bertz CT molecular complexity index is 1360. The third-order valence-corrected chi connectivity index (χ3v) is 7.52. The largest absolute Gasteiger partial charge is 0.477 e. The number of carbonyl (C=O) groups is 1. The maximum Gasteiger partial charge on any atom is 0.418 e. The predicted octanol–water partition coefficient (Wildman–Crippen LogP) is 6.55. The summed E-state index contributed by atoms with van der Waals surface area (Å²) >= 11 is 2.12. The van der Waals surface area contributed by atoms with Crippen LogP contribution >= 0.6 is 22.7 Å². The van der Waals surface area contributed by atoms with E-state index in [4.69, 9.17) is 5.11 Å². The van der Waals surface area contributed by atoms with Crippen LogP contribution in [0.5, 0.6) is 0 Å². The smallest absolute Gasteiger partial charge is 0.418 e. The predicted molar refractivity (Wildman–Crippen MR) is 121 cm³/mol. The van der Waals surface area contributed by atoms with Crippen LogP contribution in [-0.2, 0) is 12.6 Å². The second kappa shape index (κ2) is 8.71. The lowest BCUT2D eigenvalue weighted by atomic mass is 10.1. The van der Waals surface area contributed by atoms with Crippen LogP contribution in [-0.4, -0.2) is 27.6 Å². The highest BCUT2D eigenvalue weighted by Crippen LogP contribution is 2.40. The summed E-state index contributed by atoms with van der Waals surface area (Å²) in [6.07, 6.45) is -2.99. The standard InChI is InChI=1S/C22H17F4N3O2S2/c1-10-5-12(23)6-14-13(11(2)32-19(10)14)3-4-27-18-8-16(28-9-29-18)17-7-15(22(24,25)26)20(33-17)21(30)31/h5-9H,3-4H2,1-2H3,(H,30,31)(H,27,28,29). The first-order chi connectivity index (χ1) is 15.5. The highest BCUT2D eigenvalue weighted by molar-refractivity contribution is 7.19. The molecule has 0 aliphatic heterocycles. The van der Waals surface area contributed by atoms with Gasteiger partial charge in [-0.1, -0.05) is 0 Å². The molecule has 1 aromatic carbocycles. The average Bonchev–Trinajstić information content (AvgIpc) is 3.31. The third kappa shape index (κ3) is 4.69. The van der Waals surface area contributed by atoms with Crippen molar-refractivity contribution in [3.05, 3.63) is 62.9 Å².